The molecular weight excluding hydrogens is 305 g/mol. The van der Waals surface area contributed by atoms with Gasteiger partial charge in [0.2, 0.25) is 0 Å². The Hall–Kier alpha value is -1.79. The van der Waals surface area contributed by atoms with E-state index in [9.17, 15) is 10.1 Å². The van der Waals surface area contributed by atoms with Crippen molar-refractivity contribution >= 4 is 29.0 Å². The van der Waals surface area contributed by atoms with Crippen LogP contribution >= 0.6 is 23.2 Å². The van der Waals surface area contributed by atoms with Gasteiger partial charge in [0.15, 0.2) is 5.02 Å². The normalized spacial score (nSPS) is 13.1. The molecule has 1 aliphatic heterocycles. The fraction of sp³-hybridized carbons (Fsp3) is 0.250. The average molecular weight is 314 g/mol. The number of benzene rings is 1. The molecule has 20 heavy (non-hydrogen) atoms. The predicted molar refractivity (Wildman–Crippen MR) is 73.6 cm³/mol. The van der Waals surface area contributed by atoms with Gasteiger partial charge in [-0.3, -0.25) is 0 Å². The molecule has 0 saturated carbocycles. The zero-order valence-corrected chi connectivity index (χ0v) is 11.7. The van der Waals surface area contributed by atoms with Gasteiger partial charge in [0.1, 0.15) is 5.75 Å². The number of rotatable bonds is 3. The maximum absolute atomic E-state index is 10.7. The Bertz CT molecular complexity index is 699. The molecular formula is C12H9Cl2N3O3. The first-order valence-corrected chi connectivity index (χ1v) is 6.61. The first kappa shape index (κ1) is 13.2. The number of aromatic nitrogens is 2. The monoisotopic (exact) mass is 313 g/mol. The van der Waals surface area contributed by atoms with Crippen molar-refractivity contribution in [2.75, 3.05) is 6.61 Å². The van der Waals surface area contributed by atoms with Gasteiger partial charge in [0, 0.05) is 17.0 Å². The van der Waals surface area contributed by atoms with Crippen molar-refractivity contribution in [3.63, 3.8) is 0 Å². The molecule has 1 aliphatic rings. The molecule has 0 bridgehead atoms. The standard InChI is InChI=1S/C12H9Cl2N3O3/c13-9-3-7-1-2-20-11(7)8(4-9)5-16-6-10(14)12(15-16)17(18)19/h3-4,6H,1-2,5H2. The summed E-state index contributed by atoms with van der Waals surface area (Å²) in [5, 5.41) is 15.2. The van der Waals surface area contributed by atoms with Crippen molar-refractivity contribution in [1.29, 1.82) is 0 Å². The lowest BCUT2D eigenvalue weighted by Crippen LogP contribution is -2.03. The number of hydrogen-bond donors (Lipinski definition) is 0. The highest BCUT2D eigenvalue weighted by atomic mass is 35.5. The van der Waals surface area contributed by atoms with Gasteiger partial charge in [-0.25, -0.2) is 0 Å². The van der Waals surface area contributed by atoms with E-state index in [-0.39, 0.29) is 10.8 Å². The van der Waals surface area contributed by atoms with Crippen molar-refractivity contribution in [3.05, 3.63) is 49.6 Å². The molecule has 8 heteroatoms. The van der Waals surface area contributed by atoms with Crippen LogP contribution in [0.2, 0.25) is 10.0 Å². The second-order valence-corrected chi connectivity index (χ2v) is 5.25. The van der Waals surface area contributed by atoms with Crippen molar-refractivity contribution in [1.82, 2.24) is 9.78 Å². The third-order valence-electron chi connectivity index (χ3n) is 3.03. The molecule has 0 unspecified atom stereocenters. The summed E-state index contributed by atoms with van der Waals surface area (Å²) >= 11 is 11.8. The number of fused-ring (bicyclic) bond motifs is 1. The van der Waals surface area contributed by atoms with E-state index < -0.39 is 4.92 Å². The van der Waals surface area contributed by atoms with E-state index in [1.54, 1.807) is 6.07 Å². The van der Waals surface area contributed by atoms with E-state index >= 15 is 0 Å². The van der Waals surface area contributed by atoms with Gasteiger partial charge in [-0.05, 0) is 22.6 Å². The molecule has 104 valence electrons. The SMILES string of the molecule is O=[N+]([O-])c1nn(Cc2cc(Cl)cc3c2OCC3)cc1Cl. The Kier molecular flexibility index (Phi) is 3.27. The smallest absolute Gasteiger partial charge is 0.408 e. The van der Waals surface area contributed by atoms with Crippen LogP contribution in [0.5, 0.6) is 5.75 Å². The Labute approximate surface area is 124 Å². The zero-order chi connectivity index (χ0) is 14.3. The average Bonchev–Trinajstić information content (AvgIpc) is 2.95. The molecule has 0 atom stereocenters. The molecule has 0 N–H and O–H groups in total. The number of nitrogens with zero attached hydrogens (tertiary/aromatic N) is 3. The topological polar surface area (TPSA) is 70.2 Å². The van der Waals surface area contributed by atoms with Crippen LogP contribution in [0.1, 0.15) is 11.1 Å². The van der Waals surface area contributed by atoms with Gasteiger partial charge in [-0.2, -0.15) is 4.68 Å². The summed E-state index contributed by atoms with van der Waals surface area (Å²) in [6.45, 7) is 0.930. The summed E-state index contributed by atoms with van der Waals surface area (Å²) in [4.78, 5) is 10.1. The molecule has 0 fully saturated rings. The maximum Gasteiger partial charge on any atom is 0.408 e. The van der Waals surface area contributed by atoms with Gasteiger partial charge in [0.25, 0.3) is 0 Å². The number of ether oxygens (including phenoxy) is 1. The van der Waals surface area contributed by atoms with Crippen molar-refractivity contribution < 1.29 is 9.66 Å². The zero-order valence-electron chi connectivity index (χ0n) is 10.2. The van der Waals surface area contributed by atoms with Crippen LogP contribution in [0.4, 0.5) is 5.82 Å². The minimum atomic E-state index is -0.613. The second-order valence-electron chi connectivity index (χ2n) is 4.41. The van der Waals surface area contributed by atoms with Crippen LogP contribution in [0.25, 0.3) is 0 Å². The van der Waals surface area contributed by atoms with Gasteiger partial charge in [-0.15, -0.1) is 0 Å². The largest absolute Gasteiger partial charge is 0.493 e. The Morgan fingerprint density at radius 1 is 1.45 bits per heavy atom. The summed E-state index contributed by atoms with van der Waals surface area (Å²) in [7, 11) is 0. The highest BCUT2D eigenvalue weighted by molar-refractivity contribution is 6.32. The first-order valence-electron chi connectivity index (χ1n) is 5.86. The second kappa shape index (κ2) is 4.96. The van der Waals surface area contributed by atoms with Crippen molar-refractivity contribution in [2.24, 2.45) is 0 Å². The molecule has 0 radical (unpaired) electrons. The van der Waals surface area contributed by atoms with E-state index in [1.807, 2.05) is 6.07 Å². The van der Waals surface area contributed by atoms with Crippen LogP contribution in [-0.2, 0) is 13.0 Å². The van der Waals surface area contributed by atoms with Gasteiger partial charge in [0.05, 0.1) is 24.4 Å². The Balaban J connectivity index is 1.96. The molecule has 1 aromatic carbocycles. The lowest BCUT2D eigenvalue weighted by atomic mass is 10.1. The first-order chi connectivity index (χ1) is 9.54. The van der Waals surface area contributed by atoms with Gasteiger partial charge < -0.3 is 14.9 Å². The fourth-order valence-corrected chi connectivity index (χ4v) is 2.71. The molecule has 6 nitrogen and oxygen atoms in total. The van der Waals surface area contributed by atoms with E-state index in [1.165, 1.54) is 10.9 Å². The summed E-state index contributed by atoms with van der Waals surface area (Å²) in [5.41, 5.74) is 1.87. The third-order valence-corrected chi connectivity index (χ3v) is 3.51. The fourth-order valence-electron chi connectivity index (χ4n) is 2.23. The summed E-state index contributed by atoms with van der Waals surface area (Å²) in [5.74, 6) is 0.426. The Morgan fingerprint density at radius 3 is 2.95 bits per heavy atom. The third kappa shape index (κ3) is 2.32. The lowest BCUT2D eigenvalue weighted by Gasteiger charge is -2.07. The maximum atomic E-state index is 10.7. The van der Waals surface area contributed by atoms with Crippen LogP contribution in [0, 0.1) is 10.1 Å². The quantitative estimate of drug-likeness (QED) is 0.645. The minimum Gasteiger partial charge on any atom is -0.493 e. The molecule has 3 rings (SSSR count). The van der Waals surface area contributed by atoms with Crippen LogP contribution in [-0.4, -0.2) is 21.3 Å². The summed E-state index contributed by atoms with van der Waals surface area (Å²) in [6, 6.07) is 3.64. The van der Waals surface area contributed by atoms with Gasteiger partial charge in [-0.1, -0.05) is 23.2 Å². The molecule has 2 aromatic rings. The summed E-state index contributed by atoms with van der Waals surface area (Å²) in [6.07, 6.45) is 2.23. The Morgan fingerprint density at radius 2 is 2.25 bits per heavy atom. The highest BCUT2D eigenvalue weighted by Gasteiger charge is 2.22. The van der Waals surface area contributed by atoms with E-state index in [4.69, 9.17) is 27.9 Å². The van der Waals surface area contributed by atoms with E-state index in [0.29, 0.717) is 18.2 Å². The van der Waals surface area contributed by atoms with Crippen molar-refractivity contribution in [2.45, 2.75) is 13.0 Å². The summed E-state index contributed by atoms with van der Waals surface area (Å²) < 4.78 is 6.99. The highest BCUT2D eigenvalue weighted by Crippen LogP contribution is 2.33. The molecule has 2 heterocycles. The molecule has 0 amide bonds. The molecule has 0 spiro atoms. The number of halogens is 2. The van der Waals surface area contributed by atoms with Crippen LogP contribution < -0.4 is 4.74 Å². The lowest BCUT2D eigenvalue weighted by molar-refractivity contribution is -0.389. The minimum absolute atomic E-state index is 0.00888. The molecule has 1 aromatic heterocycles. The number of nitro groups is 1. The van der Waals surface area contributed by atoms with Crippen LogP contribution in [0.3, 0.4) is 0 Å². The predicted octanol–water partition coefficient (Wildman–Crippen LogP) is 3.08. The van der Waals surface area contributed by atoms with Gasteiger partial charge >= 0.3 is 5.82 Å². The van der Waals surface area contributed by atoms with E-state index in [0.717, 1.165) is 23.3 Å². The number of hydrogen-bond acceptors (Lipinski definition) is 4. The molecule has 0 saturated heterocycles. The van der Waals surface area contributed by atoms with Crippen molar-refractivity contribution in [3.8, 4) is 5.75 Å². The molecule has 0 aliphatic carbocycles. The van der Waals surface area contributed by atoms with E-state index in [2.05, 4.69) is 5.10 Å². The van der Waals surface area contributed by atoms with Crippen LogP contribution in [0.15, 0.2) is 18.3 Å².